The number of rotatable bonds is 10. The highest BCUT2D eigenvalue weighted by Gasteiger charge is 2.24. The van der Waals surface area contributed by atoms with Gasteiger partial charge in [0.2, 0.25) is 0 Å². The first-order valence-corrected chi connectivity index (χ1v) is 11.6. The van der Waals surface area contributed by atoms with Gasteiger partial charge in [-0.2, -0.15) is 0 Å². The first-order valence-electron chi connectivity index (χ1n) is 10.5. The summed E-state index contributed by atoms with van der Waals surface area (Å²) in [5.41, 5.74) is 0.819. The summed E-state index contributed by atoms with van der Waals surface area (Å²) in [6.45, 7) is -0.198. The number of hydrogen-bond donors (Lipinski definition) is 3. The molecule has 3 aromatic carbocycles. The molecule has 0 bridgehead atoms. The van der Waals surface area contributed by atoms with E-state index in [4.69, 9.17) is 0 Å². The lowest BCUT2D eigenvalue weighted by Gasteiger charge is -2.09. The third kappa shape index (κ3) is 6.73. The number of nitrogens with zero attached hydrogens (tertiary/aromatic N) is 1. The van der Waals surface area contributed by atoms with E-state index in [-0.39, 0.29) is 34.0 Å². The second-order valence-electron chi connectivity index (χ2n) is 7.15. The van der Waals surface area contributed by atoms with E-state index in [1.807, 2.05) is 0 Å². The molecule has 186 valence electrons. The summed E-state index contributed by atoms with van der Waals surface area (Å²) in [6.07, 6.45) is 0. The zero-order valence-electron chi connectivity index (χ0n) is 19.3. The Balaban J connectivity index is 1.74. The van der Waals surface area contributed by atoms with Gasteiger partial charge in [-0.3, -0.25) is 19.1 Å². The predicted molar refractivity (Wildman–Crippen MR) is 132 cm³/mol. The molecule has 0 saturated carbocycles. The molecule has 0 radical (unpaired) electrons. The number of methoxy groups -OCH3 is 1. The largest absolute Gasteiger partial charge is 0.468 e. The van der Waals surface area contributed by atoms with E-state index in [0.717, 1.165) is 7.11 Å². The van der Waals surface area contributed by atoms with Crippen LogP contribution in [0.5, 0.6) is 0 Å². The summed E-state index contributed by atoms with van der Waals surface area (Å²) in [5, 5.41) is 5.40. The Morgan fingerprint density at radius 1 is 0.889 bits per heavy atom. The van der Waals surface area contributed by atoms with E-state index in [0.29, 0.717) is 10.6 Å². The first-order chi connectivity index (χ1) is 17.3. The van der Waals surface area contributed by atoms with Crippen molar-refractivity contribution in [2.45, 2.75) is 4.90 Å². The standard InChI is InChI=1S/C24H22N4O7S/c1-34-22(29)15-25-20-12-11-17(14-21(20)28(32)35-2)23(30)26-18-8-6-7-16(13-18)24(31)27-36(33)19-9-4-3-5-10-19/h3-14H,15H2,1-2H3,(H2-,25,26,27,30,31,32)/p+1. The minimum atomic E-state index is -1.74. The Hall–Kier alpha value is -4.58. The molecule has 3 rings (SSSR count). The van der Waals surface area contributed by atoms with Crippen LogP contribution >= 0.6 is 0 Å². The van der Waals surface area contributed by atoms with Crippen molar-refractivity contribution in [2.24, 2.45) is 0 Å². The predicted octanol–water partition coefficient (Wildman–Crippen LogP) is 2.95. The molecule has 0 aromatic heterocycles. The van der Waals surface area contributed by atoms with Crippen LogP contribution in [-0.4, -0.2) is 47.7 Å². The van der Waals surface area contributed by atoms with Crippen LogP contribution in [0, 0.1) is 4.91 Å². The number of anilines is 2. The SMILES string of the molecule is COC(=O)CNc1ccc(C(=O)Nc2cccc(C(=O)NS(=O)c3ccccc3)c2)cc1[N+](=O)OC. The van der Waals surface area contributed by atoms with Gasteiger partial charge in [0, 0.05) is 22.9 Å². The number of amides is 2. The molecule has 0 fully saturated rings. The van der Waals surface area contributed by atoms with Crippen molar-refractivity contribution in [2.75, 3.05) is 31.4 Å². The van der Waals surface area contributed by atoms with Crippen LogP contribution < -0.4 is 15.4 Å². The number of hydrogen-bond acceptors (Lipinski definition) is 8. The van der Waals surface area contributed by atoms with Crippen molar-refractivity contribution >= 4 is 45.8 Å². The number of esters is 1. The molecular weight excluding hydrogens is 488 g/mol. The van der Waals surface area contributed by atoms with Crippen molar-refractivity contribution in [1.29, 1.82) is 0 Å². The maximum atomic E-state index is 12.8. The molecule has 0 aliphatic carbocycles. The van der Waals surface area contributed by atoms with Crippen LogP contribution in [0.1, 0.15) is 20.7 Å². The van der Waals surface area contributed by atoms with Gasteiger partial charge >= 0.3 is 11.7 Å². The summed E-state index contributed by atoms with van der Waals surface area (Å²) in [7, 11) is 0.644. The molecule has 0 aliphatic rings. The zero-order valence-corrected chi connectivity index (χ0v) is 20.2. The number of benzene rings is 3. The van der Waals surface area contributed by atoms with Crippen LogP contribution in [0.4, 0.5) is 17.1 Å². The lowest BCUT2D eigenvalue weighted by molar-refractivity contribution is -0.736. The Morgan fingerprint density at radius 3 is 2.31 bits per heavy atom. The molecule has 3 N–H and O–H groups in total. The number of ether oxygens (including phenoxy) is 1. The van der Waals surface area contributed by atoms with Gasteiger partial charge in [-0.15, -0.1) is 0 Å². The molecule has 3 aromatic rings. The van der Waals surface area contributed by atoms with Crippen molar-refractivity contribution < 1.29 is 33.1 Å². The van der Waals surface area contributed by atoms with Crippen molar-refractivity contribution in [1.82, 2.24) is 4.72 Å². The highest BCUT2D eigenvalue weighted by molar-refractivity contribution is 7.83. The van der Waals surface area contributed by atoms with Crippen molar-refractivity contribution in [3.63, 3.8) is 0 Å². The second kappa shape index (κ2) is 12.2. The van der Waals surface area contributed by atoms with Gasteiger partial charge in [0.1, 0.15) is 12.2 Å². The maximum Gasteiger partial charge on any atom is 0.340 e. The average molecular weight is 512 g/mol. The smallest absolute Gasteiger partial charge is 0.340 e. The van der Waals surface area contributed by atoms with Crippen LogP contribution in [0.3, 0.4) is 0 Å². The normalized spacial score (nSPS) is 11.1. The highest BCUT2D eigenvalue weighted by atomic mass is 32.2. The second-order valence-corrected chi connectivity index (χ2v) is 8.36. The number of nitrogens with one attached hydrogen (secondary N) is 3. The Labute approximate surface area is 208 Å². The van der Waals surface area contributed by atoms with Crippen molar-refractivity contribution in [3.05, 3.63) is 88.8 Å². The quantitative estimate of drug-likeness (QED) is 0.279. The molecule has 0 spiro atoms. The van der Waals surface area contributed by atoms with Crippen LogP contribution in [-0.2, 0) is 25.4 Å². The summed E-state index contributed by atoms with van der Waals surface area (Å²) < 4.78 is 19.3. The third-order valence-electron chi connectivity index (χ3n) is 4.80. The van der Waals surface area contributed by atoms with Crippen LogP contribution in [0.15, 0.2) is 77.7 Å². The van der Waals surface area contributed by atoms with Crippen molar-refractivity contribution in [3.8, 4) is 0 Å². The minimum Gasteiger partial charge on any atom is -0.468 e. The monoisotopic (exact) mass is 511 g/mol. The lowest BCUT2D eigenvalue weighted by atomic mass is 10.1. The van der Waals surface area contributed by atoms with E-state index in [2.05, 4.69) is 24.9 Å². The molecule has 0 aliphatic heterocycles. The average Bonchev–Trinajstić information content (AvgIpc) is 2.91. The fraction of sp³-hybridized carbons (Fsp3) is 0.125. The third-order valence-corrected chi connectivity index (χ3v) is 5.87. The summed E-state index contributed by atoms with van der Waals surface area (Å²) in [5.74, 6) is -1.70. The molecule has 1 unspecified atom stereocenters. The first kappa shape index (κ1) is 26.0. The molecule has 0 heterocycles. The van der Waals surface area contributed by atoms with Gasteiger partial charge in [-0.05, 0) is 42.5 Å². The van der Waals surface area contributed by atoms with E-state index in [1.54, 1.807) is 42.5 Å². The molecule has 11 nitrogen and oxygen atoms in total. The fourth-order valence-electron chi connectivity index (χ4n) is 3.00. The van der Waals surface area contributed by atoms with E-state index < -0.39 is 28.8 Å². The fourth-order valence-corrected chi connectivity index (χ4v) is 3.81. The lowest BCUT2D eigenvalue weighted by Crippen LogP contribution is -2.25. The Kier molecular flexibility index (Phi) is 8.84. The summed E-state index contributed by atoms with van der Waals surface area (Å²) >= 11 is 0. The topological polar surface area (TPSA) is 143 Å². The Bertz CT molecular complexity index is 1310. The van der Waals surface area contributed by atoms with E-state index in [9.17, 15) is 23.5 Å². The van der Waals surface area contributed by atoms with Gasteiger partial charge in [0.15, 0.2) is 18.1 Å². The molecule has 1 atom stereocenters. The van der Waals surface area contributed by atoms with Gasteiger partial charge in [0.25, 0.3) is 16.7 Å². The zero-order chi connectivity index (χ0) is 26.1. The van der Waals surface area contributed by atoms with Crippen LogP contribution in [0.25, 0.3) is 0 Å². The maximum absolute atomic E-state index is 12.8. The molecule has 0 saturated heterocycles. The molecule has 12 heteroatoms. The minimum absolute atomic E-state index is 0.0365. The van der Waals surface area contributed by atoms with E-state index in [1.165, 1.54) is 37.4 Å². The Morgan fingerprint density at radius 2 is 1.61 bits per heavy atom. The highest BCUT2D eigenvalue weighted by Crippen LogP contribution is 2.26. The molecule has 2 amide bonds. The summed E-state index contributed by atoms with van der Waals surface area (Å²) in [6, 6.07) is 18.7. The van der Waals surface area contributed by atoms with E-state index >= 15 is 0 Å². The van der Waals surface area contributed by atoms with Crippen LogP contribution in [0.2, 0.25) is 0 Å². The molecule has 36 heavy (non-hydrogen) atoms. The summed E-state index contributed by atoms with van der Waals surface area (Å²) in [4.78, 5) is 54.2. The van der Waals surface area contributed by atoms with Gasteiger partial charge < -0.3 is 15.4 Å². The van der Waals surface area contributed by atoms with Gasteiger partial charge in [-0.1, -0.05) is 24.3 Å². The number of carbonyl (C=O) groups excluding carboxylic acids is 3. The molecular formula is C24H23N4O7S+. The number of carbonyl (C=O) groups is 3. The van der Waals surface area contributed by atoms with Gasteiger partial charge in [0.05, 0.1) is 16.9 Å². The van der Waals surface area contributed by atoms with Gasteiger partial charge in [-0.25, -0.2) is 9.05 Å².